The van der Waals surface area contributed by atoms with E-state index in [0.717, 1.165) is 143 Å². The third-order valence-electron chi connectivity index (χ3n) is 22.5. The van der Waals surface area contributed by atoms with Crippen LogP contribution in [0.4, 0.5) is 0 Å². The Hall–Kier alpha value is -8.29. The number of fused-ring (bicyclic) bond motifs is 10. The van der Waals surface area contributed by atoms with Crippen molar-refractivity contribution in [1.82, 2.24) is 24.9 Å². The number of aliphatic hydroxyl groups excluding tert-OH is 2. The summed E-state index contributed by atoms with van der Waals surface area (Å²) in [6.07, 6.45) is 17.8. The van der Waals surface area contributed by atoms with Gasteiger partial charge in [0, 0.05) is 90.1 Å². The summed E-state index contributed by atoms with van der Waals surface area (Å²) in [7, 11) is 0. The maximum atomic E-state index is 10.0. The number of carbonyl (C=O) groups is 2. The molecule has 16 rings (SSSR count). The predicted molar refractivity (Wildman–Crippen MR) is 479 cm³/mol. The molecule has 2 N–H and O–H groups in total. The van der Waals surface area contributed by atoms with Gasteiger partial charge in [0.05, 0.1) is 45.0 Å². The van der Waals surface area contributed by atoms with Crippen LogP contribution in [-0.4, -0.2) is 95.0 Å². The van der Waals surface area contributed by atoms with Crippen LogP contribution in [0, 0.1) is 30.0 Å². The Balaban J connectivity index is 0.000000215. The maximum Gasteiger partial charge on any atom is 4.00 e. The molecular weight excluding hydrogens is 2200 g/mol. The maximum absolute atomic E-state index is 10.0. The molecule has 8 heterocycles. The van der Waals surface area contributed by atoms with Crippen molar-refractivity contribution >= 4 is 33.6 Å². The van der Waals surface area contributed by atoms with Crippen LogP contribution >= 0.6 is 0 Å². The van der Waals surface area contributed by atoms with Gasteiger partial charge in [0.15, 0.2) is 11.6 Å². The first kappa shape index (κ1) is 98.8. The summed E-state index contributed by atoms with van der Waals surface area (Å²) in [5.74, 6) is 1.25. The average molecular weight is 2310 g/mol. The predicted octanol–water partition coefficient (Wildman–Crippen LogP) is 26.3. The van der Waals surface area contributed by atoms with Crippen LogP contribution in [0.15, 0.2) is 288 Å². The second kappa shape index (κ2) is 49.7. The van der Waals surface area contributed by atoms with Gasteiger partial charge in [-0.25, -0.2) is 0 Å². The molecule has 8 aromatic carbocycles. The molecule has 0 saturated carbocycles. The third-order valence-corrected chi connectivity index (χ3v) is 22.5. The van der Waals surface area contributed by atoms with Gasteiger partial charge in [-0.2, -0.15) is 0 Å². The van der Waals surface area contributed by atoms with E-state index in [0.29, 0.717) is 60.2 Å². The number of hydrogen-bond donors (Lipinski definition) is 2. The van der Waals surface area contributed by atoms with Gasteiger partial charge in [-0.15, -0.1) is 156 Å². The van der Waals surface area contributed by atoms with E-state index < -0.39 is 0 Å². The van der Waals surface area contributed by atoms with E-state index >= 15 is 0 Å². The smallest absolute Gasteiger partial charge is 0.656 e. The Morgan fingerprint density at radius 2 is 0.675 bits per heavy atom. The van der Waals surface area contributed by atoms with Crippen molar-refractivity contribution in [3.8, 4) is 67.4 Å². The zero-order chi connectivity index (χ0) is 82.0. The monoisotopic (exact) mass is 2310 g/mol. The topological polar surface area (TPSA) is 195 Å². The molecule has 5 unspecified atom stereocenters. The van der Waals surface area contributed by atoms with E-state index in [2.05, 4.69) is 127 Å². The molecule has 10 atom stereocenters. The van der Waals surface area contributed by atoms with Crippen molar-refractivity contribution in [2.75, 3.05) is 0 Å². The van der Waals surface area contributed by atoms with E-state index in [1.165, 1.54) is 63.8 Å². The summed E-state index contributed by atoms with van der Waals surface area (Å²) in [5, 5.41) is 39.3. The summed E-state index contributed by atoms with van der Waals surface area (Å²) in [4.78, 5) is 43.7. The first-order chi connectivity index (χ1) is 56.5. The van der Waals surface area contributed by atoms with Gasteiger partial charge in [0.2, 0.25) is 0 Å². The summed E-state index contributed by atoms with van der Waals surface area (Å²) in [6, 6.07) is 87.1. The van der Waals surface area contributed by atoms with E-state index in [1.54, 1.807) is 39.6 Å². The standard InChI is InChI=1S/C36H58N4.2C20H13N2.C17H12N.2C5H8O2.3Ir.Pt/c1-9-21-22(10-2)30-18-32-25(13-5)26(14-6)34(39-32)20-36-28(16-8)27(15-7)35(40-36)19-33-24(12-4)23(11-3)31(38-33)17-29(21)37-30;2*1-3-9-15(10-4-1)19-20(16-11-5-2-6-12-16)22-18-14-8-7-13-17(18)21-19;1-2-7-14(8-3-1)15-9-6-10-16(13-15)17-11-4-5-12-18-17;2*1-4(6)3-5(2)7;;;;/h21-22,29-36H,9-20H2,1-8H3;2*1-11,13-14H;1-9,11-13H;2*3,6H,1-2H3;;;;/q-4;3*-1;;;;;;+4/t21-,22?,29?,30+,31+,32?,33-,34?,35+,36?;;;;;;;;;/m0........./s1. The van der Waals surface area contributed by atoms with Crippen molar-refractivity contribution in [2.24, 2.45) is 11.8 Å². The minimum Gasteiger partial charge on any atom is -0.656 e. The van der Waals surface area contributed by atoms with Gasteiger partial charge in [-0.1, -0.05) is 267 Å². The van der Waals surface area contributed by atoms with Crippen LogP contribution in [0.3, 0.4) is 0 Å². The number of nitrogens with zero attached hydrogens (tertiary/aromatic N) is 9. The van der Waals surface area contributed by atoms with Crippen LogP contribution in [0.5, 0.6) is 0 Å². The Bertz CT molecular complexity index is 4730. The fourth-order valence-electron chi connectivity index (χ4n) is 17.6. The van der Waals surface area contributed by atoms with Crippen molar-refractivity contribution in [2.45, 2.75) is 208 Å². The SMILES string of the molecule is CC(=O)C=C(C)O.CC(=O)C=C(C)O.CCC1=C(CC)C2C[C@H]3[N-]C(C[C@H]4[N-][C@@H](C[C@H]5[N-]C(CC1[N-]2)C(CC)=C5CC)C(CC)=C4CC)[C@@H](CC)C3CC.[Ir].[Ir].[Ir].[Pt+4].[c-]1ccc(-c2ccccc2)cc1-c1ccccn1.[c-]1ccccc1-c1nc2ccccc2nc1-c1ccccc1.[c-]1ccccc1-c1nc2ccccc2nc1-c1ccccc1. The molecule has 633 valence electrons. The molecule has 17 heteroatoms. The third kappa shape index (κ3) is 25.9. The van der Waals surface area contributed by atoms with Gasteiger partial charge in [0.1, 0.15) is 0 Å². The van der Waals surface area contributed by atoms with Gasteiger partial charge >= 0.3 is 21.1 Å². The Morgan fingerprint density at radius 3 is 0.975 bits per heavy atom. The molecular formula is C103H112Ir3N9O4Pt-3. The van der Waals surface area contributed by atoms with Crippen LogP contribution < -0.4 is 0 Å². The molecule has 0 spiro atoms. The largest absolute Gasteiger partial charge is 4.00 e. The second-order valence-corrected chi connectivity index (χ2v) is 30.2. The molecule has 11 aromatic rings. The van der Waals surface area contributed by atoms with Gasteiger partial charge < -0.3 is 36.5 Å². The van der Waals surface area contributed by atoms with E-state index in [9.17, 15) is 9.59 Å². The average Bonchev–Trinajstić information content (AvgIpc) is 1.81. The number of aromatic nitrogens is 5. The molecule has 8 bridgehead atoms. The summed E-state index contributed by atoms with van der Waals surface area (Å²) >= 11 is 0. The summed E-state index contributed by atoms with van der Waals surface area (Å²) in [6.45, 7) is 24.7. The zero-order valence-corrected chi connectivity index (χ0v) is 80.4. The van der Waals surface area contributed by atoms with Crippen molar-refractivity contribution in [1.29, 1.82) is 0 Å². The molecule has 3 aromatic heterocycles. The van der Waals surface area contributed by atoms with Gasteiger partial charge in [-0.3, -0.25) is 29.5 Å². The number of aliphatic hydroxyl groups is 2. The number of hydrogen-bond acceptors (Lipinski definition) is 9. The molecule has 0 amide bonds. The molecule has 2 fully saturated rings. The van der Waals surface area contributed by atoms with Crippen molar-refractivity contribution < 1.29 is 101 Å². The molecule has 2 saturated heterocycles. The molecule has 13 nitrogen and oxygen atoms in total. The Kier molecular flexibility index (Phi) is 40.9. The van der Waals surface area contributed by atoms with Crippen LogP contribution in [0.2, 0.25) is 0 Å². The number of pyridine rings is 1. The minimum atomic E-state index is -0.125. The van der Waals surface area contributed by atoms with Crippen LogP contribution in [0.1, 0.15) is 160 Å². The molecule has 0 aliphatic carbocycles. The number of ketones is 2. The van der Waals surface area contributed by atoms with E-state index in [-0.39, 0.29) is 104 Å². The zero-order valence-electron chi connectivity index (χ0n) is 70.9. The Morgan fingerprint density at radius 1 is 0.358 bits per heavy atom. The Labute approximate surface area is 768 Å². The number of para-hydroxylation sites is 4. The van der Waals surface area contributed by atoms with Gasteiger partial charge in [0.25, 0.3) is 0 Å². The normalized spacial score (nSPS) is 20.2. The minimum absolute atomic E-state index is 0. The van der Waals surface area contributed by atoms with Gasteiger partial charge in [-0.05, 0) is 119 Å². The number of benzene rings is 8. The quantitative estimate of drug-likeness (QED) is 0.0409. The van der Waals surface area contributed by atoms with Crippen LogP contribution in [0.25, 0.3) is 111 Å². The summed E-state index contributed by atoms with van der Waals surface area (Å²) < 4.78 is 0. The second-order valence-electron chi connectivity index (χ2n) is 30.2. The fourth-order valence-corrected chi connectivity index (χ4v) is 17.6. The van der Waals surface area contributed by atoms with Crippen molar-refractivity contribution in [3.63, 3.8) is 0 Å². The molecule has 3 radical (unpaired) electrons. The summed E-state index contributed by atoms with van der Waals surface area (Å²) in [5.41, 5.74) is 25.3. The van der Waals surface area contributed by atoms with E-state index in [1.807, 2.05) is 176 Å². The molecule has 5 aliphatic heterocycles. The molecule has 5 aliphatic rings. The van der Waals surface area contributed by atoms with Crippen molar-refractivity contribution in [3.05, 3.63) is 327 Å². The first-order valence-corrected chi connectivity index (χ1v) is 41.8. The van der Waals surface area contributed by atoms with E-state index in [4.69, 9.17) is 51.4 Å². The molecule has 120 heavy (non-hydrogen) atoms. The fraction of sp³-hybridized carbons (Fsp3) is 0.330. The number of carbonyl (C=O) groups excluding carboxylic acids is 2. The number of rotatable bonds is 16. The van der Waals surface area contributed by atoms with Crippen LogP contribution in [-0.2, 0) is 91.0 Å². The number of allylic oxidation sites excluding steroid dienone is 4. The first-order valence-electron chi connectivity index (χ1n) is 41.8.